The lowest BCUT2D eigenvalue weighted by Crippen LogP contribution is -2.32. The number of rotatable bonds is 7. The van der Waals surface area contributed by atoms with E-state index in [4.69, 9.17) is 0 Å². The molecule has 1 N–H and O–H groups in total. The van der Waals surface area contributed by atoms with Crippen molar-refractivity contribution in [2.75, 3.05) is 0 Å². The summed E-state index contributed by atoms with van der Waals surface area (Å²) in [6.45, 7) is 4.79. The minimum atomic E-state index is -0.0914. The van der Waals surface area contributed by atoms with Crippen molar-refractivity contribution < 1.29 is 4.79 Å². The molecule has 5 heteroatoms. The van der Waals surface area contributed by atoms with E-state index in [1.807, 2.05) is 36.5 Å². The minimum absolute atomic E-state index is 0.0914. The zero-order valence-electron chi connectivity index (χ0n) is 13.1. The van der Waals surface area contributed by atoms with Gasteiger partial charge in [0.05, 0.1) is 12.7 Å². The number of carbonyl (C=O) groups is 1. The molecule has 116 valence electrons. The van der Waals surface area contributed by atoms with Crippen molar-refractivity contribution in [1.29, 1.82) is 0 Å². The largest absolute Gasteiger partial charge is 0.350 e. The topological polar surface area (TPSA) is 59.8 Å². The molecule has 0 fully saturated rings. The molecule has 0 aliphatic heterocycles. The average molecular weight is 298 g/mol. The van der Waals surface area contributed by atoms with Crippen molar-refractivity contribution in [3.8, 4) is 0 Å². The van der Waals surface area contributed by atoms with Crippen molar-refractivity contribution in [1.82, 2.24) is 20.3 Å². The van der Waals surface area contributed by atoms with E-state index in [-0.39, 0.29) is 11.9 Å². The fraction of sp³-hybridized carbons (Fsp3) is 0.353. The third-order valence-electron chi connectivity index (χ3n) is 3.48. The second-order valence-corrected chi connectivity index (χ2v) is 5.18. The lowest BCUT2D eigenvalue weighted by molar-refractivity contribution is -0.117. The predicted molar refractivity (Wildman–Crippen MR) is 87.1 cm³/mol. The number of hydrogen-bond acceptors (Lipinski definition) is 3. The standard InChI is InChI=1S/C17H22N4O/c1-3-15(4-2)18-17(22)11-10-16-13-21(20-19-16)12-14-8-6-5-7-9-14/h5-11,13,15H,3-4,12H2,1-2H3,(H,18,22)/b11-10+. The molecule has 1 aromatic heterocycles. The Labute approximate surface area is 131 Å². The van der Waals surface area contributed by atoms with Crippen molar-refractivity contribution in [3.63, 3.8) is 0 Å². The maximum Gasteiger partial charge on any atom is 0.244 e. The molecular weight excluding hydrogens is 276 g/mol. The van der Waals surface area contributed by atoms with Gasteiger partial charge in [0.25, 0.3) is 0 Å². The highest BCUT2D eigenvalue weighted by Crippen LogP contribution is 2.03. The van der Waals surface area contributed by atoms with Crippen LogP contribution in [0.4, 0.5) is 0 Å². The van der Waals surface area contributed by atoms with Crippen LogP contribution in [0.15, 0.2) is 42.6 Å². The van der Waals surface area contributed by atoms with E-state index >= 15 is 0 Å². The molecule has 0 saturated heterocycles. The molecule has 1 heterocycles. The number of nitrogens with one attached hydrogen (secondary N) is 1. The molecule has 0 unspecified atom stereocenters. The van der Waals surface area contributed by atoms with Gasteiger partial charge in [0, 0.05) is 12.1 Å². The van der Waals surface area contributed by atoms with Gasteiger partial charge in [0.15, 0.2) is 0 Å². The summed E-state index contributed by atoms with van der Waals surface area (Å²) in [5.41, 5.74) is 1.84. The van der Waals surface area contributed by atoms with Gasteiger partial charge in [-0.05, 0) is 24.5 Å². The first-order chi connectivity index (χ1) is 10.7. The van der Waals surface area contributed by atoms with Crippen LogP contribution in [-0.4, -0.2) is 26.9 Å². The van der Waals surface area contributed by atoms with E-state index in [9.17, 15) is 4.79 Å². The van der Waals surface area contributed by atoms with E-state index in [0.717, 1.165) is 18.4 Å². The maximum absolute atomic E-state index is 11.8. The monoisotopic (exact) mass is 298 g/mol. The Morgan fingerprint density at radius 3 is 2.68 bits per heavy atom. The molecule has 0 bridgehead atoms. The van der Waals surface area contributed by atoms with Crippen LogP contribution in [0.2, 0.25) is 0 Å². The highest BCUT2D eigenvalue weighted by Gasteiger charge is 2.05. The number of aromatic nitrogens is 3. The van der Waals surface area contributed by atoms with E-state index in [1.165, 1.54) is 6.08 Å². The fourth-order valence-corrected chi connectivity index (χ4v) is 2.14. The molecule has 1 amide bonds. The highest BCUT2D eigenvalue weighted by molar-refractivity contribution is 5.91. The van der Waals surface area contributed by atoms with Crippen LogP contribution in [0.5, 0.6) is 0 Å². The Kier molecular flexibility index (Phi) is 5.89. The zero-order valence-corrected chi connectivity index (χ0v) is 13.1. The fourth-order valence-electron chi connectivity index (χ4n) is 2.14. The molecule has 0 aliphatic carbocycles. The first kappa shape index (κ1) is 15.9. The molecule has 2 aromatic rings. The van der Waals surface area contributed by atoms with E-state index in [1.54, 1.807) is 10.8 Å². The third kappa shape index (κ3) is 4.84. The molecule has 0 saturated carbocycles. The van der Waals surface area contributed by atoms with Crippen molar-refractivity contribution in [3.05, 3.63) is 53.9 Å². The summed E-state index contributed by atoms with van der Waals surface area (Å²) in [5.74, 6) is -0.0914. The zero-order chi connectivity index (χ0) is 15.8. The summed E-state index contributed by atoms with van der Waals surface area (Å²) < 4.78 is 1.76. The average Bonchev–Trinajstić information content (AvgIpc) is 2.99. The van der Waals surface area contributed by atoms with E-state index in [2.05, 4.69) is 29.5 Å². The molecule has 5 nitrogen and oxygen atoms in total. The summed E-state index contributed by atoms with van der Waals surface area (Å²) in [4.78, 5) is 11.8. The van der Waals surface area contributed by atoms with Gasteiger partial charge < -0.3 is 5.32 Å². The van der Waals surface area contributed by atoms with Crippen LogP contribution in [0.25, 0.3) is 6.08 Å². The molecule has 0 aliphatic rings. The molecule has 0 spiro atoms. The quantitative estimate of drug-likeness (QED) is 0.799. The summed E-state index contributed by atoms with van der Waals surface area (Å²) in [5, 5.41) is 11.1. The van der Waals surface area contributed by atoms with Gasteiger partial charge in [-0.2, -0.15) is 0 Å². The number of nitrogens with zero attached hydrogens (tertiary/aromatic N) is 3. The Morgan fingerprint density at radius 2 is 2.00 bits per heavy atom. The first-order valence-corrected chi connectivity index (χ1v) is 7.64. The molecule has 2 rings (SSSR count). The molecule has 1 aromatic carbocycles. The van der Waals surface area contributed by atoms with E-state index in [0.29, 0.717) is 12.2 Å². The molecule has 22 heavy (non-hydrogen) atoms. The molecule has 0 atom stereocenters. The van der Waals surface area contributed by atoms with Crippen LogP contribution in [-0.2, 0) is 11.3 Å². The second-order valence-electron chi connectivity index (χ2n) is 5.18. The summed E-state index contributed by atoms with van der Waals surface area (Å²) in [6, 6.07) is 10.3. The van der Waals surface area contributed by atoms with Crippen molar-refractivity contribution in [2.24, 2.45) is 0 Å². The normalized spacial score (nSPS) is 11.2. The van der Waals surface area contributed by atoms with Crippen LogP contribution >= 0.6 is 0 Å². The Bertz CT molecular complexity index is 615. The summed E-state index contributed by atoms with van der Waals surface area (Å²) in [6.07, 6.45) is 6.89. The maximum atomic E-state index is 11.8. The summed E-state index contributed by atoms with van der Waals surface area (Å²) >= 11 is 0. The minimum Gasteiger partial charge on any atom is -0.350 e. The van der Waals surface area contributed by atoms with Gasteiger partial charge >= 0.3 is 0 Å². The third-order valence-corrected chi connectivity index (χ3v) is 3.48. The van der Waals surface area contributed by atoms with Gasteiger partial charge in [-0.15, -0.1) is 5.10 Å². The molecule has 0 radical (unpaired) electrons. The van der Waals surface area contributed by atoms with Crippen molar-refractivity contribution in [2.45, 2.75) is 39.3 Å². The van der Waals surface area contributed by atoms with Gasteiger partial charge in [0.1, 0.15) is 5.69 Å². The SMILES string of the molecule is CCC(CC)NC(=O)/C=C/c1cn(Cc2ccccc2)nn1. The Morgan fingerprint density at radius 1 is 1.27 bits per heavy atom. The van der Waals surface area contributed by atoms with Crippen LogP contribution in [0, 0.1) is 0 Å². The smallest absolute Gasteiger partial charge is 0.244 e. The van der Waals surface area contributed by atoms with Crippen molar-refractivity contribution >= 4 is 12.0 Å². The Balaban J connectivity index is 1.91. The van der Waals surface area contributed by atoms with Crippen LogP contribution < -0.4 is 5.32 Å². The Hall–Kier alpha value is -2.43. The number of benzene rings is 1. The van der Waals surface area contributed by atoms with Crippen LogP contribution in [0.3, 0.4) is 0 Å². The lowest BCUT2D eigenvalue weighted by atomic mass is 10.2. The highest BCUT2D eigenvalue weighted by atomic mass is 16.1. The van der Waals surface area contributed by atoms with Gasteiger partial charge in [-0.3, -0.25) is 4.79 Å². The van der Waals surface area contributed by atoms with Gasteiger partial charge in [-0.25, -0.2) is 4.68 Å². The number of hydrogen-bond donors (Lipinski definition) is 1. The number of amides is 1. The first-order valence-electron chi connectivity index (χ1n) is 7.64. The predicted octanol–water partition coefficient (Wildman–Crippen LogP) is 2.64. The van der Waals surface area contributed by atoms with Crippen LogP contribution in [0.1, 0.15) is 37.9 Å². The van der Waals surface area contributed by atoms with E-state index < -0.39 is 0 Å². The number of carbonyl (C=O) groups excluding carboxylic acids is 1. The molecular formula is C17H22N4O. The van der Waals surface area contributed by atoms with Gasteiger partial charge in [-0.1, -0.05) is 49.4 Å². The summed E-state index contributed by atoms with van der Waals surface area (Å²) in [7, 11) is 0. The second kappa shape index (κ2) is 8.12. The van der Waals surface area contributed by atoms with Gasteiger partial charge in [0.2, 0.25) is 5.91 Å². The lowest BCUT2D eigenvalue weighted by Gasteiger charge is -2.12.